The number of carbonyl (C=O) groups is 1. The van der Waals surface area contributed by atoms with Gasteiger partial charge in [-0.25, -0.2) is 4.68 Å². The van der Waals surface area contributed by atoms with E-state index in [1.165, 1.54) is 12.5 Å². The number of nitrogens with zero attached hydrogens (tertiary/aromatic N) is 3. The number of benzene rings is 1. The summed E-state index contributed by atoms with van der Waals surface area (Å²) in [6, 6.07) is 8.12. The van der Waals surface area contributed by atoms with Crippen LogP contribution in [0.5, 0.6) is 0 Å². The first kappa shape index (κ1) is 12.5. The van der Waals surface area contributed by atoms with Crippen LogP contribution >= 0.6 is 0 Å². The fourth-order valence-electron chi connectivity index (χ4n) is 1.67. The second kappa shape index (κ2) is 4.37. The Balaban J connectivity index is 2.31. The molecule has 18 heavy (non-hydrogen) atoms. The fourth-order valence-corrected chi connectivity index (χ4v) is 1.67. The quantitative estimate of drug-likeness (QED) is 0.762. The van der Waals surface area contributed by atoms with E-state index in [0.717, 1.165) is 5.69 Å². The Kier molecular flexibility index (Phi) is 3.03. The Hall–Kier alpha value is -1.97. The van der Waals surface area contributed by atoms with Gasteiger partial charge in [0, 0.05) is 6.92 Å². The number of hydrogen-bond acceptors (Lipinski definition) is 3. The monoisotopic (exact) mass is 243 g/mol. The van der Waals surface area contributed by atoms with Gasteiger partial charge in [0.05, 0.1) is 11.9 Å². The third-order valence-electron chi connectivity index (χ3n) is 2.85. The number of aromatic nitrogens is 3. The smallest absolute Gasteiger partial charge is 0.181 e. The average Bonchev–Trinajstić information content (AvgIpc) is 2.77. The molecule has 0 atom stereocenters. The van der Waals surface area contributed by atoms with Gasteiger partial charge in [-0.15, -0.1) is 5.10 Å². The van der Waals surface area contributed by atoms with Gasteiger partial charge in [0.25, 0.3) is 0 Å². The Morgan fingerprint density at radius 1 is 1.17 bits per heavy atom. The van der Waals surface area contributed by atoms with Crippen molar-refractivity contribution in [1.29, 1.82) is 0 Å². The van der Waals surface area contributed by atoms with E-state index in [0.29, 0.717) is 5.69 Å². The maximum absolute atomic E-state index is 11.2. The highest BCUT2D eigenvalue weighted by Gasteiger charge is 2.13. The van der Waals surface area contributed by atoms with E-state index in [9.17, 15) is 4.79 Å². The van der Waals surface area contributed by atoms with E-state index < -0.39 is 0 Å². The molecular weight excluding hydrogens is 226 g/mol. The average molecular weight is 243 g/mol. The summed E-state index contributed by atoms with van der Waals surface area (Å²) in [6.07, 6.45) is 1.65. The number of rotatable bonds is 2. The van der Waals surface area contributed by atoms with Gasteiger partial charge in [-0.1, -0.05) is 38.1 Å². The van der Waals surface area contributed by atoms with Crippen LogP contribution in [0.3, 0.4) is 0 Å². The number of hydrogen-bond donors (Lipinski definition) is 0. The maximum Gasteiger partial charge on any atom is 0.181 e. The predicted octanol–water partition coefficient (Wildman–Crippen LogP) is 2.77. The fraction of sp³-hybridized carbons (Fsp3) is 0.357. The highest BCUT2D eigenvalue weighted by Crippen LogP contribution is 2.22. The summed E-state index contributed by atoms with van der Waals surface area (Å²) in [4.78, 5) is 11.2. The van der Waals surface area contributed by atoms with Crippen LogP contribution < -0.4 is 0 Å². The lowest BCUT2D eigenvalue weighted by molar-refractivity contribution is 0.101. The van der Waals surface area contributed by atoms with E-state index >= 15 is 0 Å². The Morgan fingerprint density at radius 3 is 2.22 bits per heavy atom. The van der Waals surface area contributed by atoms with Crippen LogP contribution in [0.15, 0.2) is 30.5 Å². The molecule has 1 heterocycles. The highest BCUT2D eigenvalue weighted by atomic mass is 16.1. The van der Waals surface area contributed by atoms with Gasteiger partial charge in [0.1, 0.15) is 5.69 Å². The molecule has 0 aliphatic rings. The summed E-state index contributed by atoms with van der Waals surface area (Å²) in [5.74, 6) is -0.0763. The summed E-state index contributed by atoms with van der Waals surface area (Å²) in [5.41, 5.74) is 2.68. The Morgan fingerprint density at radius 2 is 1.78 bits per heavy atom. The molecule has 0 aliphatic heterocycles. The predicted molar refractivity (Wildman–Crippen MR) is 70.1 cm³/mol. The van der Waals surface area contributed by atoms with Gasteiger partial charge in [-0.2, -0.15) is 0 Å². The molecule has 0 saturated heterocycles. The first-order chi connectivity index (χ1) is 8.38. The van der Waals surface area contributed by atoms with Crippen LogP contribution in [0.2, 0.25) is 0 Å². The van der Waals surface area contributed by atoms with Crippen LogP contribution in [0.25, 0.3) is 5.69 Å². The topological polar surface area (TPSA) is 47.8 Å². The van der Waals surface area contributed by atoms with E-state index in [1.807, 2.05) is 12.1 Å². The summed E-state index contributed by atoms with van der Waals surface area (Å²) in [6.45, 7) is 8.00. The summed E-state index contributed by atoms with van der Waals surface area (Å²) in [5, 5.41) is 7.77. The molecule has 1 aromatic carbocycles. The molecule has 0 amide bonds. The lowest BCUT2D eigenvalue weighted by Gasteiger charge is -2.18. The molecule has 0 N–H and O–H groups in total. The van der Waals surface area contributed by atoms with E-state index in [4.69, 9.17) is 0 Å². The zero-order chi connectivity index (χ0) is 13.3. The normalized spacial score (nSPS) is 11.6. The summed E-state index contributed by atoms with van der Waals surface area (Å²) < 4.78 is 1.61. The second-order valence-corrected chi connectivity index (χ2v) is 5.40. The molecule has 94 valence electrons. The first-order valence-electron chi connectivity index (χ1n) is 5.92. The lowest BCUT2D eigenvalue weighted by Crippen LogP contribution is -2.10. The largest absolute Gasteiger partial charge is 0.293 e. The minimum absolute atomic E-state index is 0.0763. The van der Waals surface area contributed by atoms with Gasteiger partial charge in [-0.05, 0) is 23.1 Å². The van der Waals surface area contributed by atoms with Crippen LogP contribution in [-0.2, 0) is 5.41 Å². The van der Waals surface area contributed by atoms with Gasteiger partial charge in [0.15, 0.2) is 5.78 Å². The minimum atomic E-state index is -0.0763. The van der Waals surface area contributed by atoms with E-state index in [1.54, 1.807) is 10.9 Å². The second-order valence-electron chi connectivity index (χ2n) is 5.40. The third kappa shape index (κ3) is 2.47. The molecule has 0 radical (unpaired) electrons. The molecule has 2 rings (SSSR count). The van der Waals surface area contributed by atoms with Crippen molar-refractivity contribution in [1.82, 2.24) is 15.0 Å². The van der Waals surface area contributed by atoms with Crippen molar-refractivity contribution in [3.63, 3.8) is 0 Å². The molecule has 0 unspecified atom stereocenters. The van der Waals surface area contributed by atoms with Crippen molar-refractivity contribution in [2.45, 2.75) is 33.1 Å². The zero-order valence-electron chi connectivity index (χ0n) is 11.1. The van der Waals surface area contributed by atoms with Crippen LogP contribution in [0.4, 0.5) is 0 Å². The van der Waals surface area contributed by atoms with E-state index in [-0.39, 0.29) is 11.2 Å². The number of Topliss-reactive ketones (excluding diaryl/α,β-unsaturated/α-hetero) is 1. The number of ketones is 1. The van der Waals surface area contributed by atoms with Crippen molar-refractivity contribution < 1.29 is 4.79 Å². The Labute approximate surface area is 107 Å². The van der Waals surface area contributed by atoms with Gasteiger partial charge < -0.3 is 0 Å². The van der Waals surface area contributed by atoms with Crippen LogP contribution in [0.1, 0.15) is 43.7 Å². The first-order valence-corrected chi connectivity index (χ1v) is 5.92. The van der Waals surface area contributed by atoms with Gasteiger partial charge in [0.2, 0.25) is 0 Å². The van der Waals surface area contributed by atoms with Crippen molar-refractivity contribution in [2.24, 2.45) is 0 Å². The standard InChI is InChI=1S/C14H17N3O/c1-10(18)13-9-17(16-15-13)12-7-5-11(6-8-12)14(2,3)4/h5-9H,1-4H3. The van der Waals surface area contributed by atoms with E-state index in [2.05, 4.69) is 43.2 Å². The lowest BCUT2D eigenvalue weighted by atomic mass is 9.87. The van der Waals surface area contributed by atoms with Crippen molar-refractivity contribution in [3.8, 4) is 5.69 Å². The molecule has 4 nitrogen and oxygen atoms in total. The molecular formula is C14H17N3O. The minimum Gasteiger partial charge on any atom is -0.293 e. The summed E-state index contributed by atoms with van der Waals surface area (Å²) in [7, 11) is 0. The van der Waals surface area contributed by atoms with Gasteiger partial charge >= 0.3 is 0 Å². The maximum atomic E-state index is 11.2. The zero-order valence-corrected chi connectivity index (χ0v) is 11.1. The summed E-state index contributed by atoms with van der Waals surface area (Å²) >= 11 is 0. The molecule has 0 spiro atoms. The van der Waals surface area contributed by atoms with Gasteiger partial charge in [-0.3, -0.25) is 4.79 Å². The molecule has 0 fully saturated rings. The highest BCUT2D eigenvalue weighted by molar-refractivity contribution is 5.91. The van der Waals surface area contributed by atoms with Crippen LogP contribution in [-0.4, -0.2) is 20.8 Å². The molecule has 0 bridgehead atoms. The molecule has 1 aromatic heterocycles. The molecule has 0 saturated carbocycles. The molecule has 0 aliphatic carbocycles. The van der Waals surface area contributed by atoms with Crippen LogP contribution in [0, 0.1) is 0 Å². The van der Waals surface area contributed by atoms with Crippen molar-refractivity contribution in [3.05, 3.63) is 41.7 Å². The third-order valence-corrected chi connectivity index (χ3v) is 2.85. The SMILES string of the molecule is CC(=O)c1cn(-c2ccc(C(C)(C)C)cc2)nn1. The van der Waals surface area contributed by atoms with Crippen molar-refractivity contribution >= 4 is 5.78 Å². The molecule has 2 aromatic rings. The Bertz CT molecular complexity index is 561. The van der Waals surface area contributed by atoms with Crippen molar-refractivity contribution in [2.75, 3.05) is 0 Å². The number of carbonyl (C=O) groups excluding carboxylic acids is 1. The molecule has 4 heteroatoms.